The van der Waals surface area contributed by atoms with Gasteiger partial charge in [-0.3, -0.25) is 9.48 Å². The van der Waals surface area contributed by atoms with E-state index in [9.17, 15) is 5.11 Å². The highest BCUT2D eigenvalue weighted by Crippen LogP contribution is 2.13. The third kappa shape index (κ3) is 11.6. The van der Waals surface area contributed by atoms with Gasteiger partial charge in [0, 0.05) is 6.08 Å². The molecule has 0 aromatic heterocycles. The summed E-state index contributed by atoms with van der Waals surface area (Å²) in [5, 5.41) is 9.21. The molecule has 0 aliphatic carbocycles. The molecule has 0 radical (unpaired) electrons. The third-order valence-corrected chi connectivity index (χ3v) is 5.78. The summed E-state index contributed by atoms with van der Waals surface area (Å²) in [6, 6.07) is 0. The van der Waals surface area contributed by atoms with E-state index in [-0.39, 0.29) is 6.61 Å². The molecule has 1 N–H and O–H groups in total. The molecule has 1 aliphatic heterocycles. The van der Waals surface area contributed by atoms with Crippen LogP contribution in [-0.4, -0.2) is 53.2 Å². The minimum atomic E-state index is 0.244. The van der Waals surface area contributed by atoms with Crippen molar-refractivity contribution in [3.05, 3.63) is 12.2 Å². The van der Waals surface area contributed by atoms with E-state index < -0.39 is 0 Å². The molecular formula is C24H47N2O+. The van der Waals surface area contributed by atoms with Crippen LogP contribution in [0.2, 0.25) is 0 Å². The molecule has 1 heterocycles. The maximum atomic E-state index is 9.21. The number of hydrogen-bond acceptors (Lipinski definition) is 2. The Morgan fingerprint density at radius 1 is 0.852 bits per heavy atom. The van der Waals surface area contributed by atoms with Crippen LogP contribution < -0.4 is 0 Å². The zero-order chi connectivity index (χ0) is 19.6. The van der Waals surface area contributed by atoms with Crippen molar-refractivity contribution in [2.45, 2.75) is 104 Å². The largest absolute Gasteiger partial charge is 0.392 e. The second-order valence-electron chi connectivity index (χ2n) is 8.08. The number of rotatable bonds is 18. The fraction of sp³-hybridized carbons (Fsp3) is 0.875. The lowest BCUT2D eigenvalue weighted by atomic mass is 10.0. The number of allylic oxidation sites excluding steroid dienone is 1. The molecule has 0 spiro atoms. The SMILES string of the molecule is CCCCCCCCCCCCCCC/C=C/C1=[N+](CCO)CCN1CC. The van der Waals surface area contributed by atoms with Gasteiger partial charge in [0.1, 0.15) is 19.6 Å². The Kier molecular flexibility index (Phi) is 15.5. The van der Waals surface area contributed by atoms with Gasteiger partial charge in [-0.2, -0.15) is 0 Å². The summed E-state index contributed by atoms with van der Waals surface area (Å²) in [5.74, 6) is 1.31. The van der Waals surface area contributed by atoms with Gasteiger partial charge in [-0.1, -0.05) is 90.0 Å². The molecule has 3 heteroatoms. The van der Waals surface area contributed by atoms with Crippen LogP contribution in [0.15, 0.2) is 12.2 Å². The van der Waals surface area contributed by atoms with Gasteiger partial charge in [0.15, 0.2) is 0 Å². The summed E-state index contributed by atoms with van der Waals surface area (Å²) in [4.78, 5) is 2.41. The maximum absolute atomic E-state index is 9.21. The molecule has 0 unspecified atom stereocenters. The van der Waals surface area contributed by atoms with Crippen LogP contribution >= 0.6 is 0 Å². The van der Waals surface area contributed by atoms with Gasteiger partial charge in [-0.05, 0) is 19.8 Å². The summed E-state index contributed by atoms with van der Waals surface area (Å²) < 4.78 is 2.31. The fourth-order valence-corrected chi connectivity index (χ4v) is 4.02. The van der Waals surface area contributed by atoms with E-state index in [1.165, 1.54) is 95.7 Å². The van der Waals surface area contributed by atoms with Crippen molar-refractivity contribution in [1.29, 1.82) is 0 Å². The van der Waals surface area contributed by atoms with Gasteiger partial charge >= 0.3 is 0 Å². The molecule has 0 amide bonds. The van der Waals surface area contributed by atoms with Gasteiger partial charge in [-0.25, -0.2) is 0 Å². The van der Waals surface area contributed by atoms with E-state index >= 15 is 0 Å². The van der Waals surface area contributed by atoms with Gasteiger partial charge in [-0.15, -0.1) is 0 Å². The minimum absolute atomic E-state index is 0.244. The second-order valence-corrected chi connectivity index (χ2v) is 8.08. The van der Waals surface area contributed by atoms with Crippen molar-refractivity contribution in [2.75, 3.05) is 32.8 Å². The molecule has 1 rings (SSSR count). The molecule has 0 fully saturated rings. The number of nitrogens with zero attached hydrogens (tertiary/aromatic N) is 2. The first-order valence-electron chi connectivity index (χ1n) is 12.0. The van der Waals surface area contributed by atoms with Gasteiger partial charge in [0.2, 0.25) is 0 Å². The Labute approximate surface area is 169 Å². The first kappa shape index (κ1) is 24.2. The van der Waals surface area contributed by atoms with Crippen LogP contribution in [0.1, 0.15) is 104 Å². The van der Waals surface area contributed by atoms with Crippen LogP contribution in [0.25, 0.3) is 0 Å². The quantitative estimate of drug-likeness (QED) is 0.242. The number of aliphatic hydroxyl groups excluding tert-OH is 1. The average Bonchev–Trinajstić information content (AvgIpc) is 3.07. The summed E-state index contributed by atoms with van der Waals surface area (Å²) in [6.45, 7) is 8.70. The third-order valence-electron chi connectivity index (χ3n) is 5.78. The Balaban J connectivity index is 1.96. The molecule has 158 valence electrons. The predicted molar refractivity (Wildman–Crippen MR) is 119 cm³/mol. The summed E-state index contributed by atoms with van der Waals surface area (Å²) in [5.41, 5.74) is 0. The highest BCUT2D eigenvalue weighted by molar-refractivity contribution is 5.89. The molecular weight excluding hydrogens is 332 g/mol. The lowest BCUT2D eigenvalue weighted by molar-refractivity contribution is -0.519. The monoisotopic (exact) mass is 379 g/mol. The highest BCUT2D eigenvalue weighted by atomic mass is 16.3. The number of aliphatic hydroxyl groups is 1. The Morgan fingerprint density at radius 2 is 1.41 bits per heavy atom. The van der Waals surface area contributed by atoms with E-state index in [1.807, 2.05) is 0 Å². The molecule has 27 heavy (non-hydrogen) atoms. The van der Waals surface area contributed by atoms with Gasteiger partial charge < -0.3 is 5.11 Å². The summed E-state index contributed by atoms with van der Waals surface area (Å²) in [7, 11) is 0. The smallest absolute Gasteiger partial charge is 0.271 e. The maximum Gasteiger partial charge on any atom is 0.271 e. The molecule has 0 aromatic rings. The van der Waals surface area contributed by atoms with Crippen LogP contribution in [0.4, 0.5) is 0 Å². The number of amidine groups is 1. The molecule has 0 saturated heterocycles. The van der Waals surface area contributed by atoms with Crippen LogP contribution in [0, 0.1) is 0 Å². The van der Waals surface area contributed by atoms with E-state index in [2.05, 4.69) is 35.5 Å². The van der Waals surface area contributed by atoms with Gasteiger partial charge in [0.05, 0.1) is 13.2 Å². The number of hydrogen-bond donors (Lipinski definition) is 1. The molecule has 0 saturated carbocycles. The predicted octanol–water partition coefficient (Wildman–Crippen LogP) is 5.76. The van der Waals surface area contributed by atoms with Crippen molar-refractivity contribution < 1.29 is 9.68 Å². The first-order chi connectivity index (χ1) is 13.3. The topological polar surface area (TPSA) is 26.5 Å². The van der Waals surface area contributed by atoms with Crippen molar-refractivity contribution in [1.82, 2.24) is 4.90 Å². The van der Waals surface area contributed by atoms with E-state index in [0.29, 0.717) is 0 Å². The Bertz CT molecular complexity index is 403. The van der Waals surface area contributed by atoms with Crippen molar-refractivity contribution >= 4 is 5.84 Å². The highest BCUT2D eigenvalue weighted by Gasteiger charge is 2.26. The van der Waals surface area contributed by atoms with Crippen molar-refractivity contribution in [3.8, 4) is 0 Å². The number of unbranched alkanes of at least 4 members (excludes halogenated alkanes) is 13. The van der Waals surface area contributed by atoms with Crippen molar-refractivity contribution in [2.24, 2.45) is 0 Å². The Morgan fingerprint density at radius 3 is 1.93 bits per heavy atom. The van der Waals surface area contributed by atoms with Crippen LogP contribution in [0.3, 0.4) is 0 Å². The minimum Gasteiger partial charge on any atom is -0.392 e. The zero-order valence-corrected chi connectivity index (χ0v) is 18.4. The van der Waals surface area contributed by atoms with E-state index in [1.54, 1.807) is 0 Å². The van der Waals surface area contributed by atoms with Crippen LogP contribution in [-0.2, 0) is 0 Å². The first-order valence-corrected chi connectivity index (χ1v) is 12.0. The average molecular weight is 380 g/mol. The molecule has 0 aromatic carbocycles. The van der Waals surface area contributed by atoms with Crippen molar-refractivity contribution in [3.63, 3.8) is 0 Å². The Hall–Kier alpha value is -0.830. The summed E-state index contributed by atoms with van der Waals surface area (Å²) in [6.07, 6.45) is 24.2. The molecule has 3 nitrogen and oxygen atoms in total. The standard InChI is InChI=1S/C24H47N2O/c1-3-5-6-7-8-9-10-11-12-13-14-15-16-17-18-19-24-25(4-2)20-21-26(24)22-23-27/h18-19,27H,3-17,20-23H2,1-2H3/q+1/b19-18+. The fourth-order valence-electron chi connectivity index (χ4n) is 4.02. The lowest BCUT2D eigenvalue weighted by Gasteiger charge is -2.07. The molecule has 1 aliphatic rings. The molecule has 0 atom stereocenters. The zero-order valence-electron chi connectivity index (χ0n) is 18.4. The number of β-amino-alcohol motifs (C(OH)–C–C–N with tert-alkyl or cyclic N) is 1. The lowest BCUT2D eigenvalue weighted by Crippen LogP contribution is -2.28. The summed E-state index contributed by atoms with van der Waals surface area (Å²) >= 11 is 0. The second kappa shape index (κ2) is 17.3. The normalized spacial score (nSPS) is 14.9. The van der Waals surface area contributed by atoms with Gasteiger partial charge in [0.25, 0.3) is 5.84 Å². The van der Waals surface area contributed by atoms with E-state index in [4.69, 9.17) is 0 Å². The van der Waals surface area contributed by atoms with E-state index in [0.717, 1.165) is 26.2 Å². The number of likely N-dealkylation sites (N-methyl/N-ethyl adjacent to an activating group) is 1. The van der Waals surface area contributed by atoms with Crippen LogP contribution in [0.5, 0.6) is 0 Å². The molecule has 0 bridgehead atoms.